The highest BCUT2D eigenvalue weighted by atomic mass is 32.2. The number of aliphatic hydroxyl groups is 1. The Labute approximate surface area is 197 Å². The van der Waals surface area contributed by atoms with Gasteiger partial charge in [-0.15, -0.1) is 11.8 Å². The van der Waals surface area contributed by atoms with Gasteiger partial charge in [0.05, 0.1) is 37.1 Å². The van der Waals surface area contributed by atoms with Crippen molar-refractivity contribution >= 4 is 42.2 Å². The predicted molar refractivity (Wildman–Crippen MR) is 127 cm³/mol. The van der Waals surface area contributed by atoms with E-state index in [-0.39, 0.29) is 31.0 Å². The molecule has 186 valence electrons. The van der Waals surface area contributed by atoms with Crippen LogP contribution in [0.15, 0.2) is 12.7 Å². The number of aliphatic hydroxyl groups excluding tert-OH is 1. The van der Waals surface area contributed by atoms with Crippen molar-refractivity contribution in [2.24, 2.45) is 0 Å². The number of nitrogens with two attached hydrogens (primary N) is 1. The normalized spacial score (nSPS) is 16.5. The van der Waals surface area contributed by atoms with Gasteiger partial charge in [-0.05, 0) is 34.6 Å². The van der Waals surface area contributed by atoms with Gasteiger partial charge in [0.25, 0.3) is 7.52 Å². The standard InChI is InChI=1S/C19H33N6O6PS/c1-12(2)31-19(27)14(4)24-32(28,30-6-7-33-15(5)26)11-29-13(3)8-25-10-23-16-17(20)21-9-22-18(16)25/h9-10,12-15,26H,6-8,11H2,1-5H3,(H,24,28)(H2,20,21,22)/t13-,14+,15?,32?/m1/s1. The molecule has 0 aliphatic carbocycles. The smallest absolute Gasteiger partial charge is 0.323 e. The summed E-state index contributed by atoms with van der Waals surface area (Å²) in [5.74, 6) is 0.167. The summed E-state index contributed by atoms with van der Waals surface area (Å²) >= 11 is 1.25. The molecular weight excluding hydrogens is 471 g/mol. The number of ether oxygens (including phenoxy) is 2. The maximum atomic E-state index is 13.4. The van der Waals surface area contributed by atoms with Crippen LogP contribution in [0.25, 0.3) is 11.2 Å². The van der Waals surface area contributed by atoms with Gasteiger partial charge in [0.2, 0.25) is 0 Å². The molecule has 33 heavy (non-hydrogen) atoms. The zero-order valence-corrected chi connectivity index (χ0v) is 21.2. The fourth-order valence-electron chi connectivity index (χ4n) is 2.78. The number of anilines is 1. The van der Waals surface area contributed by atoms with Crippen LogP contribution < -0.4 is 10.8 Å². The van der Waals surface area contributed by atoms with Crippen molar-refractivity contribution in [2.45, 2.75) is 64.8 Å². The molecule has 0 fully saturated rings. The number of rotatable bonds is 14. The van der Waals surface area contributed by atoms with Gasteiger partial charge in [-0.2, -0.15) is 0 Å². The summed E-state index contributed by atoms with van der Waals surface area (Å²) in [4.78, 5) is 24.5. The lowest BCUT2D eigenvalue weighted by Gasteiger charge is -2.25. The molecule has 0 aliphatic rings. The third-order valence-corrected chi connectivity index (χ3v) is 7.00. The monoisotopic (exact) mass is 504 g/mol. The molecule has 2 heterocycles. The number of aromatic nitrogens is 4. The average Bonchev–Trinajstić information content (AvgIpc) is 3.13. The molecule has 0 aromatic carbocycles. The van der Waals surface area contributed by atoms with Crippen molar-refractivity contribution in [3.63, 3.8) is 0 Å². The summed E-state index contributed by atoms with van der Waals surface area (Å²) in [6.45, 7) is 8.93. The molecule has 4 N–H and O–H groups in total. The molecule has 0 aliphatic heterocycles. The minimum atomic E-state index is -3.57. The molecule has 0 spiro atoms. The van der Waals surface area contributed by atoms with Gasteiger partial charge in [-0.25, -0.2) is 20.0 Å². The van der Waals surface area contributed by atoms with Gasteiger partial charge in [-0.3, -0.25) is 9.36 Å². The van der Waals surface area contributed by atoms with E-state index >= 15 is 0 Å². The second-order valence-electron chi connectivity index (χ2n) is 7.75. The highest BCUT2D eigenvalue weighted by molar-refractivity contribution is 7.99. The van der Waals surface area contributed by atoms with E-state index in [0.717, 1.165) is 0 Å². The quantitative estimate of drug-likeness (QED) is 0.149. The molecule has 0 saturated heterocycles. The van der Waals surface area contributed by atoms with Crippen LogP contribution >= 0.6 is 19.3 Å². The molecular formula is C19H33N6O6PS. The molecule has 14 heteroatoms. The summed E-state index contributed by atoms with van der Waals surface area (Å²) in [5, 5.41) is 12.1. The Kier molecular flexibility index (Phi) is 10.5. The Morgan fingerprint density at radius 2 is 2.00 bits per heavy atom. The first-order valence-electron chi connectivity index (χ1n) is 10.5. The van der Waals surface area contributed by atoms with Crippen LogP contribution in [0.1, 0.15) is 34.6 Å². The molecule has 2 aromatic rings. The Morgan fingerprint density at radius 3 is 2.67 bits per heavy atom. The molecule has 0 bridgehead atoms. The number of fused-ring (bicyclic) bond motifs is 1. The Hall–Kier alpha value is -1.76. The molecule has 0 saturated carbocycles. The largest absolute Gasteiger partial charge is 0.462 e. The van der Waals surface area contributed by atoms with Crippen molar-refractivity contribution in [3.8, 4) is 0 Å². The highest BCUT2D eigenvalue weighted by Gasteiger charge is 2.30. The number of carbonyl (C=O) groups is 1. The zero-order valence-electron chi connectivity index (χ0n) is 19.5. The summed E-state index contributed by atoms with van der Waals surface area (Å²) in [7, 11) is -3.57. The van der Waals surface area contributed by atoms with Crippen molar-refractivity contribution < 1.29 is 28.5 Å². The lowest BCUT2D eigenvalue weighted by Crippen LogP contribution is -2.36. The molecule has 12 nitrogen and oxygen atoms in total. The number of hydrogen-bond acceptors (Lipinski definition) is 11. The minimum Gasteiger partial charge on any atom is -0.462 e. The van der Waals surface area contributed by atoms with Crippen molar-refractivity contribution in [3.05, 3.63) is 12.7 Å². The lowest BCUT2D eigenvalue weighted by molar-refractivity contribution is -0.149. The van der Waals surface area contributed by atoms with Crippen LogP contribution in [0.3, 0.4) is 0 Å². The Balaban J connectivity index is 2.01. The van der Waals surface area contributed by atoms with Gasteiger partial charge in [0.1, 0.15) is 24.2 Å². The molecule has 2 aromatic heterocycles. The molecule has 0 radical (unpaired) electrons. The van der Waals surface area contributed by atoms with Crippen LogP contribution in [0.5, 0.6) is 0 Å². The SMILES string of the molecule is CC(C)OC(=O)[C@H](C)NP(=O)(CO[C@H](C)Cn1cnc2c(N)ncnc21)OCCSC(C)O. The van der Waals surface area contributed by atoms with E-state index in [9.17, 15) is 14.5 Å². The first-order chi connectivity index (χ1) is 15.5. The fourth-order valence-corrected chi connectivity index (χ4v) is 5.18. The maximum Gasteiger partial charge on any atom is 0.323 e. The first-order valence-corrected chi connectivity index (χ1v) is 13.4. The number of thioether (sulfide) groups is 1. The van der Waals surface area contributed by atoms with Crippen molar-refractivity contribution in [2.75, 3.05) is 24.4 Å². The van der Waals surface area contributed by atoms with Crippen LogP contribution in [-0.2, 0) is 29.9 Å². The topological polar surface area (TPSA) is 164 Å². The summed E-state index contributed by atoms with van der Waals surface area (Å²) in [6, 6.07) is -0.862. The zero-order chi connectivity index (χ0) is 24.6. The van der Waals surface area contributed by atoms with E-state index in [1.54, 1.807) is 45.5 Å². The average molecular weight is 505 g/mol. The third kappa shape index (κ3) is 8.84. The van der Waals surface area contributed by atoms with E-state index in [4.69, 9.17) is 19.7 Å². The fraction of sp³-hybridized carbons (Fsp3) is 0.684. The molecule has 0 amide bonds. The predicted octanol–water partition coefficient (Wildman–Crippen LogP) is 1.98. The van der Waals surface area contributed by atoms with Crippen LogP contribution in [0.4, 0.5) is 5.82 Å². The first kappa shape index (κ1) is 27.5. The number of nitrogens with one attached hydrogen (secondary N) is 1. The van der Waals surface area contributed by atoms with Gasteiger partial charge in [0.15, 0.2) is 11.5 Å². The van der Waals surface area contributed by atoms with Crippen molar-refractivity contribution in [1.82, 2.24) is 24.6 Å². The van der Waals surface area contributed by atoms with E-state index in [0.29, 0.717) is 23.5 Å². The second-order valence-corrected chi connectivity index (χ2v) is 11.3. The van der Waals surface area contributed by atoms with Crippen LogP contribution in [0.2, 0.25) is 0 Å². The van der Waals surface area contributed by atoms with Crippen LogP contribution in [0, 0.1) is 0 Å². The number of esters is 1. The van der Waals surface area contributed by atoms with E-state index in [1.807, 2.05) is 0 Å². The molecule has 2 rings (SSSR count). The maximum absolute atomic E-state index is 13.4. The summed E-state index contributed by atoms with van der Waals surface area (Å²) < 4.78 is 31.8. The Morgan fingerprint density at radius 1 is 1.27 bits per heavy atom. The van der Waals surface area contributed by atoms with Gasteiger partial charge < -0.3 is 29.4 Å². The molecule has 2 unspecified atom stereocenters. The van der Waals surface area contributed by atoms with Crippen LogP contribution in [-0.4, -0.2) is 73.0 Å². The number of nitrogen functional groups attached to an aromatic ring is 1. The number of imidazole rings is 1. The van der Waals surface area contributed by atoms with Gasteiger partial charge in [0, 0.05) is 5.75 Å². The highest BCUT2D eigenvalue weighted by Crippen LogP contribution is 2.43. The third-order valence-electron chi connectivity index (χ3n) is 4.25. The molecule has 4 atom stereocenters. The minimum absolute atomic E-state index is 0.103. The Bertz CT molecular complexity index is 958. The second kappa shape index (κ2) is 12.6. The van der Waals surface area contributed by atoms with Gasteiger partial charge >= 0.3 is 5.97 Å². The number of nitrogens with zero attached hydrogens (tertiary/aromatic N) is 4. The lowest BCUT2D eigenvalue weighted by atomic mass is 10.4. The number of hydrogen-bond donors (Lipinski definition) is 3. The van der Waals surface area contributed by atoms with E-state index in [2.05, 4.69) is 20.0 Å². The van der Waals surface area contributed by atoms with E-state index in [1.165, 1.54) is 18.1 Å². The number of carbonyl (C=O) groups excluding carboxylic acids is 1. The summed E-state index contributed by atoms with van der Waals surface area (Å²) in [5.41, 5.74) is 6.31. The van der Waals surface area contributed by atoms with E-state index < -0.39 is 25.0 Å². The summed E-state index contributed by atoms with van der Waals surface area (Å²) in [6.07, 6.45) is 1.99. The van der Waals surface area contributed by atoms with Crippen molar-refractivity contribution in [1.29, 1.82) is 0 Å². The van der Waals surface area contributed by atoms with Gasteiger partial charge in [-0.1, -0.05) is 0 Å².